The Bertz CT molecular complexity index is 587. The lowest BCUT2D eigenvalue weighted by Crippen LogP contribution is -2.38. The van der Waals surface area contributed by atoms with Crippen LogP contribution >= 0.6 is 35.3 Å². The molecule has 2 N–H and O–H groups in total. The van der Waals surface area contributed by atoms with Crippen molar-refractivity contribution in [2.75, 3.05) is 26.3 Å². The molecule has 2 aromatic rings. The Morgan fingerprint density at radius 3 is 2.96 bits per heavy atom. The van der Waals surface area contributed by atoms with E-state index in [1.165, 1.54) is 0 Å². The molecule has 0 atom stereocenters. The predicted molar refractivity (Wildman–Crippen MR) is 109 cm³/mol. The highest BCUT2D eigenvalue weighted by atomic mass is 127. The zero-order valence-corrected chi connectivity index (χ0v) is 17.2. The molecule has 2 heterocycles. The lowest BCUT2D eigenvalue weighted by molar-refractivity contribution is 0.145. The highest BCUT2D eigenvalue weighted by molar-refractivity contribution is 14.0. The number of aliphatic imine (C=N–C) groups is 1. The van der Waals surface area contributed by atoms with Crippen molar-refractivity contribution in [1.29, 1.82) is 0 Å². The molecule has 24 heavy (non-hydrogen) atoms. The van der Waals surface area contributed by atoms with Gasteiger partial charge in [0.15, 0.2) is 5.96 Å². The number of hydrogen-bond acceptors (Lipinski definition) is 5. The van der Waals surface area contributed by atoms with Crippen molar-refractivity contribution in [3.63, 3.8) is 0 Å². The first kappa shape index (κ1) is 20.9. The van der Waals surface area contributed by atoms with Crippen molar-refractivity contribution in [2.45, 2.75) is 26.8 Å². The number of nitrogens with zero attached hydrogens (tertiary/aromatic N) is 2. The number of thiophene rings is 1. The Balaban J connectivity index is 0.00000288. The number of oxazole rings is 1. The maximum atomic E-state index is 5.50. The average molecular weight is 464 g/mol. The molecule has 0 aliphatic rings. The summed E-state index contributed by atoms with van der Waals surface area (Å²) in [6.07, 6.45) is 2.61. The maximum Gasteiger partial charge on any atom is 0.236 e. The van der Waals surface area contributed by atoms with Crippen molar-refractivity contribution in [3.8, 4) is 10.8 Å². The van der Waals surface area contributed by atoms with Gasteiger partial charge in [-0.1, -0.05) is 6.07 Å². The van der Waals surface area contributed by atoms with Crippen LogP contribution in [-0.4, -0.2) is 37.2 Å². The van der Waals surface area contributed by atoms with E-state index < -0.39 is 0 Å². The summed E-state index contributed by atoms with van der Waals surface area (Å²) in [6.45, 7) is 7.68. The van der Waals surface area contributed by atoms with Crippen LogP contribution in [-0.2, 0) is 11.3 Å². The van der Waals surface area contributed by atoms with E-state index in [0.717, 1.165) is 49.3 Å². The van der Waals surface area contributed by atoms with E-state index in [1.807, 2.05) is 31.4 Å². The zero-order chi connectivity index (χ0) is 16.3. The van der Waals surface area contributed by atoms with Gasteiger partial charge in [-0.15, -0.1) is 35.3 Å². The molecule has 0 aliphatic carbocycles. The van der Waals surface area contributed by atoms with Gasteiger partial charge in [-0.05, 0) is 31.7 Å². The van der Waals surface area contributed by atoms with Crippen LogP contribution in [0.1, 0.15) is 26.0 Å². The Morgan fingerprint density at radius 2 is 2.25 bits per heavy atom. The Hall–Kier alpha value is -1.13. The van der Waals surface area contributed by atoms with Gasteiger partial charge in [-0.3, -0.25) is 0 Å². The molecule has 8 heteroatoms. The minimum Gasteiger partial charge on any atom is -0.443 e. The third kappa shape index (κ3) is 7.18. The van der Waals surface area contributed by atoms with Crippen LogP contribution in [0.5, 0.6) is 0 Å². The van der Waals surface area contributed by atoms with E-state index in [2.05, 4.69) is 20.6 Å². The first-order valence-corrected chi connectivity index (χ1v) is 8.79. The third-order valence-electron chi connectivity index (χ3n) is 2.99. The number of ether oxygens (including phenoxy) is 1. The molecule has 134 valence electrons. The van der Waals surface area contributed by atoms with Gasteiger partial charge < -0.3 is 19.8 Å². The highest BCUT2D eigenvalue weighted by Crippen LogP contribution is 2.23. The second kappa shape index (κ2) is 12.3. The minimum absolute atomic E-state index is 0. The van der Waals surface area contributed by atoms with Crippen LogP contribution in [0.2, 0.25) is 0 Å². The first-order chi connectivity index (χ1) is 11.3. The summed E-state index contributed by atoms with van der Waals surface area (Å²) in [4.78, 5) is 10.0. The normalized spacial score (nSPS) is 11.2. The molecule has 0 saturated carbocycles. The summed E-state index contributed by atoms with van der Waals surface area (Å²) < 4.78 is 10.8. The lowest BCUT2D eigenvalue weighted by atomic mass is 10.4. The second-order valence-corrected chi connectivity index (χ2v) is 5.74. The van der Waals surface area contributed by atoms with Gasteiger partial charge in [0.05, 0.1) is 11.4 Å². The van der Waals surface area contributed by atoms with Crippen molar-refractivity contribution < 1.29 is 9.15 Å². The van der Waals surface area contributed by atoms with Gasteiger partial charge in [0.1, 0.15) is 12.0 Å². The van der Waals surface area contributed by atoms with E-state index in [0.29, 0.717) is 12.4 Å². The quantitative estimate of drug-likeness (QED) is 0.257. The lowest BCUT2D eigenvalue weighted by Gasteiger charge is -2.10. The topological polar surface area (TPSA) is 71.7 Å². The smallest absolute Gasteiger partial charge is 0.236 e. The van der Waals surface area contributed by atoms with Gasteiger partial charge in [-0.2, -0.15) is 0 Å². The van der Waals surface area contributed by atoms with Crippen molar-refractivity contribution in [1.82, 2.24) is 15.6 Å². The molecule has 6 nitrogen and oxygen atoms in total. The number of rotatable bonds is 9. The van der Waals surface area contributed by atoms with Gasteiger partial charge in [-0.25, -0.2) is 9.98 Å². The number of aromatic nitrogens is 1. The van der Waals surface area contributed by atoms with Crippen molar-refractivity contribution >= 4 is 41.3 Å². The molecule has 0 spiro atoms. The van der Waals surface area contributed by atoms with Crippen LogP contribution in [0.15, 0.2) is 33.2 Å². The van der Waals surface area contributed by atoms with Gasteiger partial charge in [0, 0.05) is 26.3 Å². The molecule has 0 saturated heterocycles. The van der Waals surface area contributed by atoms with E-state index in [-0.39, 0.29) is 24.0 Å². The first-order valence-electron chi connectivity index (χ1n) is 7.91. The van der Waals surface area contributed by atoms with Crippen LogP contribution in [0.25, 0.3) is 10.8 Å². The molecule has 0 bridgehead atoms. The molecular weight excluding hydrogens is 439 g/mol. The molecule has 0 radical (unpaired) electrons. The molecule has 2 rings (SSSR count). The summed E-state index contributed by atoms with van der Waals surface area (Å²) >= 11 is 1.61. The molecule has 0 aromatic carbocycles. The summed E-state index contributed by atoms with van der Waals surface area (Å²) in [7, 11) is 0. The van der Waals surface area contributed by atoms with Gasteiger partial charge in [0.25, 0.3) is 0 Å². The van der Waals surface area contributed by atoms with Crippen LogP contribution in [0, 0.1) is 0 Å². The number of nitrogens with one attached hydrogen (secondary N) is 2. The average Bonchev–Trinajstić information content (AvgIpc) is 3.23. The second-order valence-electron chi connectivity index (χ2n) is 4.79. The molecule has 0 amide bonds. The number of hydrogen-bond donors (Lipinski definition) is 2. The Kier molecular flexibility index (Phi) is 10.7. The largest absolute Gasteiger partial charge is 0.443 e. The van der Waals surface area contributed by atoms with Crippen molar-refractivity contribution in [2.24, 2.45) is 4.99 Å². The fourth-order valence-corrected chi connectivity index (χ4v) is 2.58. The minimum atomic E-state index is 0. The SMILES string of the molecule is CCNC(=NCc1coc(-c2cccs2)n1)NCCCOCC.I. The Labute approximate surface area is 164 Å². The summed E-state index contributed by atoms with van der Waals surface area (Å²) in [5.74, 6) is 1.43. The highest BCUT2D eigenvalue weighted by Gasteiger charge is 2.07. The fraction of sp³-hybridized carbons (Fsp3) is 0.500. The number of guanidine groups is 1. The summed E-state index contributed by atoms with van der Waals surface area (Å²) in [5.41, 5.74) is 0.819. The molecule has 0 aliphatic heterocycles. The zero-order valence-electron chi connectivity index (χ0n) is 14.1. The van der Waals surface area contributed by atoms with Gasteiger partial charge in [0.2, 0.25) is 5.89 Å². The standard InChI is InChI=1S/C16H24N4O2S.HI/c1-3-17-16(18-8-6-9-21-4-2)19-11-13-12-22-15(20-13)14-7-5-10-23-14;/h5,7,10,12H,3-4,6,8-9,11H2,1-2H3,(H2,17,18,19);1H. The van der Waals surface area contributed by atoms with Crippen LogP contribution in [0.4, 0.5) is 0 Å². The molecular formula is C16H25IN4O2S. The maximum absolute atomic E-state index is 5.50. The molecule has 2 aromatic heterocycles. The van der Waals surface area contributed by atoms with E-state index in [1.54, 1.807) is 17.6 Å². The fourth-order valence-electron chi connectivity index (χ4n) is 1.92. The monoisotopic (exact) mass is 464 g/mol. The Morgan fingerprint density at radius 1 is 1.38 bits per heavy atom. The van der Waals surface area contributed by atoms with E-state index in [4.69, 9.17) is 9.15 Å². The van der Waals surface area contributed by atoms with Crippen LogP contribution < -0.4 is 10.6 Å². The van der Waals surface area contributed by atoms with E-state index in [9.17, 15) is 0 Å². The van der Waals surface area contributed by atoms with Gasteiger partial charge >= 0.3 is 0 Å². The predicted octanol–water partition coefficient (Wildman–Crippen LogP) is 3.50. The summed E-state index contributed by atoms with van der Waals surface area (Å²) in [6, 6.07) is 3.98. The van der Waals surface area contributed by atoms with Crippen molar-refractivity contribution in [3.05, 3.63) is 29.5 Å². The third-order valence-corrected chi connectivity index (χ3v) is 3.85. The summed E-state index contributed by atoms with van der Waals surface area (Å²) in [5, 5.41) is 8.51. The molecule has 0 fully saturated rings. The number of halogens is 1. The van der Waals surface area contributed by atoms with Crippen LogP contribution in [0.3, 0.4) is 0 Å². The van der Waals surface area contributed by atoms with E-state index >= 15 is 0 Å². The molecule has 0 unspecified atom stereocenters.